The van der Waals surface area contributed by atoms with Crippen molar-refractivity contribution in [2.24, 2.45) is 11.3 Å². The molecule has 1 aliphatic carbocycles. The maximum absolute atomic E-state index is 12.4. The quantitative estimate of drug-likeness (QED) is 0.881. The number of thioether (sulfide) groups is 1. The Balaban J connectivity index is 1.65. The molecule has 3 atom stereocenters. The van der Waals surface area contributed by atoms with Crippen molar-refractivity contribution in [3.8, 4) is 0 Å². The minimum atomic E-state index is -0.113. The Labute approximate surface area is 142 Å². The number of nitrogens with one attached hydrogen (secondary N) is 2. The van der Waals surface area contributed by atoms with Gasteiger partial charge in [-0.1, -0.05) is 26.0 Å². The molecule has 0 bridgehead atoms. The molecule has 2 N–H and O–H groups in total. The summed E-state index contributed by atoms with van der Waals surface area (Å²) < 4.78 is 5.78. The van der Waals surface area contributed by atoms with Crippen molar-refractivity contribution in [2.75, 3.05) is 18.2 Å². The molecule has 3 rings (SSSR count). The Bertz CT molecular complexity index is 603. The van der Waals surface area contributed by atoms with Gasteiger partial charge in [0.05, 0.1) is 6.10 Å². The highest BCUT2D eigenvalue weighted by atomic mass is 32.2. The van der Waals surface area contributed by atoms with E-state index in [1.165, 1.54) is 5.56 Å². The van der Waals surface area contributed by atoms with Crippen LogP contribution in [0.25, 0.3) is 0 Å². The van der Waals surface area contributed by atoms with Crippen molar-refractivity contribution < 1.29 is 9.53 Å². The van der Waals surface area contributed by atoms with Crippen LogP contribution in [-0.2, 0) is 10.5 Å². The molecule has 1 heterocycles. The second kappa shape index (κ2) is 6.36. The summed E-state index contributed by atoms with van der Waals surface area (Å²) in [6.07, 6.45) is 3.42. The number of carbonyl (C=O) groups is 1. The topological polar surface area (TPSA) is 50.4 Å². The predicted octanol–water partition coefficient (Wildman–Crippen LogP) is 3.79. The molecule has 2 fully saturated rings. The average Bonchev–Trinajstić information content (AvgIpc) is 2.96. The van der Waals surface area contributed by atoms with Gasteiger partial charge >= 0.3 is 6.03 Å². The van der Waals surface area contributed by atoms with Crippen LogP contribution in [0.2, 0.25) is 0 Å². The van der Waals surface area contributed by atoms with Crippen LogP contribution < -0.4 is 10.6 Å². The lowest BCUT2D eigenvalue weighted by Gasteiger charge is -2.54. The van der Waals surface area contributed by atoms with Crippen LogP contribution in [0.5, 0.6) is 0 Å². The number of urea groups is 1. The van der Waals surface area contributed by atoms with Gasteiger partial charge in [0.2, 0.25) is 0 Å². The Morgan fingerprint density at radius 3 is 2.96 bits per heavy atom. The van der Waals surface area contributed by atoms with Gasteiger partial charge in [-0.2, -0.15) is 11.8 Å². The van der Waals surface area contributed by atoms with Crippen molar-refractivity contribution in [3.63, 3.8) is 0 Å². The molecule has 5 heteroatoms. The number of hydrogen-bond donors (Lipinski definition) is 2. The zero-order valence-electron chi connectivity index (χ0n) is 14.3. The van der Waals surface area contributed by atoms with Gasteiger partial charge in [0.1, 0.15) is 0 Å². The van der Waals surface area contributed by atoms with E-state index in [9.17, 15) is 4.79 Å². The highest BCUT2D eigenvalue weighted by Gasteiger charge is 2.59. The SMILES string of the molecule is CSCc1cccc(NC(=O)NC2C3CCOC3C2(C)C)c1C. The van der Waals surface area contributed by atoms with Crippen molar-refractivity contribution in [3.05, 3.63) is 29.3 Å². The number of rotatable bonds is 4. The van der Waals surface area contributed by atoms with E-state index in [0.717, 1.165) is 30.0 Å². The fourth-order valence-corrected chi connectivity index (χ4v) is 4.67. The van der Waals surface area contributed by atoms with Crippen molar-refractivity contribution in [1.82, 2.24) is 5.32 Å². The number of amides is 2. The molecule has 0 spiro atoms. The largest absolute Gasteiger partial charge is 0.377 e. The van der Waals surface area contributed by atoms with Crippen molar-refractivity contribution in [1.29, 1.82) is 0 Å². The maximum Gasteiger partial charge on any atom is 0.319 e. The molecule has 1 aliphatic heterocycles. The second-order valence-electron chi connectivity index (χ2n) is 7.16. The molecule has 0 aromatic heterocycles. The summed E-state index contributed by atoms with van der Waals surface area (Å²) in [5, 5.41) is 6.20. The molecule has 1 saturated carbocycles. The van der Waals surface area contributed by atoms with E-state index in [1.54, 1.807) is 11.8 Å². The molecule has 1 saturated heterocycles. The van der Waals surface area contributed by atoms with Gasteiger partial charge in [-0.3, -0.25) is 0 Å². The fraction of sp³-hybridized carbons (Fsp3) is 0.611. The van der Waals surface area contributed by atoms with Crippen LogP contribution in [0.15, 0.2) is 18.2 Å². The lowest BCUT2D eigenvalue weighted by atomic mass is 9.57. The molecule has 2 amide bonds. The lowest BCUT2D eigenvalue weighted by molar-refractivity contribution is -0.107. The van der Waals surface area contributed by atoms with Gasteiger partial charge < -0.3 is 15.4 Å². The average molecular weight is 334 g/mol. The summed E-state index contributed by atoms with van der Waals surface area (Å²) in [4.78, 5) is 12.4. The van der Waals surface area contributed by atoms with Crippen LogP contribution in [0.1, 0.15) is 31.4 Å². The Hall–Kier alpha value is -1.20. The first-order valence-corrected chi connectivity index (χ1v) is 9.61. The van der Waals surface area contributed by atoms with Crippen molar-refractivity contribution >= 4 is 23.5 Å². The monoisotopic (exact) mass is 334 g/mol. The number of benzene rings is 1. The first-order valence-electron chi connectivity index (χ1n) is 8.21. The van der Waals surface area contributed by atoms with E-state index < -0.39 is 0 Å². The van der Waals surface area contributed by atoms with E-state index in [0.29, 0.717) is 12.0 Å². The summed E-state index contributed by atoms with van der Waals surface area (Å²) in [6, 6.07) is 6.15. The second-order valence-corrected chi connectivity index (χ2v) is 8.03. The van der Waals surface area contributed by atoms with E-state index in [4.69, 9.17) is 4.74 Å². The minimum absolute atomic E-state index is 0.00818. The lowest BCUT2D eigenvalue weighted by Crippen LogP contribution is -2.67. The molecule has 23 heavy (non-hydrogen) atoms. The van der Waals surface area contributed by atoms with Crippen LogP contribution in [-0.4, -0.2) is 31.0 Å². The molecule has 2 aliphatic rings. The van der Waals surface area contributed by atoms with Gasteiger partial charge in [0.25, 0.3) is 0 Å². The summed E-state index contributed by atoms with van der Waals surface area (Å²) in [5.74, 6) is 1.42. The Kier molecular flexibility index (Phi) is 4.61. The number of carbonyl (C=O) groups excluding carboxylic acids is 1. The third kappa shape index (κ3) is 2.96. The van der Waals surface area contributed by atoms with E-state index in [2.05, 4.69) is 43.7 Å². The Morgan fingerprint density at radius 2 is 2.22 bits per heavy atom. The third-order valence-corrected chi connectivity index (χ3v) is 5.98. The van der Waals surface area contributed by atoms with E-state index >= 15 is 0 Å². The van der Waals surface area contributed by atoms with Gasteiger partial charge in [-0.25, -0.2) is 4.79 Å². The highest BCUT2D eigenvalue weighted by Crippen LogP contribution is 2.52. The van der Waals surface area contributed by atoms with Crippen molar-refractivity contribution in [2.45, 2.75) is 45.1 Å². The standard InChI is InChI=1S/C18H26N2O2S/c1-11-12(10-23-4)6-5-7-14(11)19-17(21)20-15-13-8-9-22-16(13)18(15,2)3/h5-7,13,15-16H,8-10H2,1-4H3,(H2,19,20,21). The molecule has 126 valence electrons. The first kappa shape index (κ1) is 16.7. The van der Waals surface area contributed by atoms with E-state index in [1.807, 2.05) is 12.1 Å². The smallest absolute Gasteiger partial charge is 0.319 e. The zero-order valence-corrected chi connectivity index (χ0v) is 15.1. The minimum Gasteiger partial charge on any atom is -0.377 e. The summed E-state index contributed by atoms with van der Waals surface area (Å²) in [7, 11) is 0. The summed E-state index contributed by atoms with van der Waals surface area (Å²) in [6.45, 7) is 7.23. The number of ether oxygens (including phenoxy) is 1. The normalized spacial score (nSPS) is 27.9. The highest BCUT2D eigenvalue weighted by molar-refractivity contribution is 7.97. The maximum atomic E-state index is 12.4. The van der Waals surface area contributed by atoms with E-state index in [-0.39, 0.29) is 17.5 Å². The molecular weight excluding hydrogens is 308 g/mol. The fourth-order valence-electron chi connectivity index (χ4n) is 4.05. The molecule has 0 radical (unpaired) electrons. The van der Waals surface area contributed by atoms with Crippen LogP contribution in [0.4, 0.5) is 10.5 Å². The van der Waals surface area contributed by atoms with Gasteiger partial charge in [0.15, 0.2) is 0 Å². The molecule has 3 unspecified atom stereocenters. The molecule has 1 aromatic rings. The zero-order chi connectivity index (χ0) is 16.6. The third-order valence-electron chi connectivity index (χ3n) is 5.38. The van der Waals surface area contributed by atoms with Crippen LogP contribution in [0.3, 0.4) is 0 Å². The van der Waals surface area contributed by atoms with Gasteiger partial charge in [0, 0.05) is 35.4 Å². The number of anilines is 1. The summed E-state index contributed by atoms with van der Waals surface area (Å²) in [5.41, 5.74) is 3.31. The van der Waals surface area contributed by atoms with Gasteiger partial charge in [-0.15, -0.1) is 0 Å². The van der Waals surface area contributed by atoms with Gasteiger partial charge in [-0.05, 0) is 36.8 Å². The Morgan fingerprint density at radius 1 is 1.43 bits per heavy atom. The first-order chi connectivity index (χ1) is 10.9. The predicted molar refractivity (Wildman–Crippen MR) is 96.0 cm³/mol. The number of hydrogen-bond acceptors (Lipinski definition) is 3. The molecule has 4 nitrogen and oxygen atoms in total. The molecular formula is C18H26N2O2S. The van der Waals surface area contributed by atoms with Crippen LogP contribution >= 0.6 is 11.8 Å². The van der Waals surface area contributed by atoms with Crippen LogP contribution in [0, 0.1) is 18.3 Å². The molecule has 1 aromatic carbocycles. The number of fused-ring (bicyclic) bond motifs is 1. The summed E-state index contributed by atoms with van der Waals surface area (Å²) >= 11 is 1.79.